The average Bonchev–Trinajstić information content (AvgIpc) is 3.20. The van der Waals surface area contributed by atoms with Crippen LogP contribution >= 0.6 is 11.3 Å². The molecule has 1 aromatic carbocycles. The third-order valence-electron chi connectivity index (χ3n) is 4.33. The number of amides is 1. The Labute approximate surface area is 155 Å². The third kappa shape index (κ3) is 3.72. The number of rotatable bonds is 4. The summed E-state index contributed by atoms with van der Waals surface area (Å²) in [6.45, 7) is 1.99. The van der Waals surface area contributed by atoms with Crippen molar-refractivity contribution >= 4 is 28.9 Å². The number of benzene rings is 1. The Morgan fingerprint density at radius 2 is 1.88 bits per heavy atom. The lowest BCUT2D eigenvalue weighted by atomic mass is 10.1. The molecule has 2 aromatic heterocycles. The molecule has 1 fully saturated rings. The Kier molecular flexibility index (Phi) is 4.88. The molecule has 1 N–H and O–H groups in total. The monoisotopic (exact) mass is 365 g/mol. The first-order valence-corrected chi connectivity index (χ1v) is 9.57. The van der Waals surface area contributed by atoms with Crippen molar-refractivity contribution in [2.24, 2.45) is 0 Å². The number of anilines is 2. The van der Waals surface area contributed by atoms with E-state index in [0.29, 0.717) is 11.5 Å². The Morgan fingerprint density at radius 3 is 2.69 bits per heavy atom. The van der Waals surface area contributed by atoms with Crippen LogP contribution in [0.2, 0.25) is 0 Å². The van der Waals surface area contributed by atoms with Gasteiger partial charge in [-0.1, -0.05) is 30.3 Å². The number of hydrogen-bond acceptors (Lipinski definition) is 6. The van der Waals surface area contributed by atoms with E-state index < -0.39 is 0 Å². The summed E-state index contributed by atoms with van der Waals surface area (Å²) in [5, 5.41) is 5.42. The molecule has 26 heavy (non-hydrogen) atoms. The van der Waals surface area contributed by atoms with Gasteiger partial charge in [-0.3, -0.25) is 4.79 Å². The minimum Gasteiger partial charge on any atom is -0.356 e. The second-order valence-electron chi connectivity index (χ2n) is 6.17. The molecule has 1 aliphatic rings. The van der Waals surface area contributed by atoms with Crippen LogP contribution in [-0.4, -0.2) is 33.9 Å². The van der Waals surface area contributed by atoms with Gasteiger partial charge >= 0.3 is 0 Å². The summed E-state index contributed by atoms with van der Waals surface area (Å²) in [5.74, 6) is 1.10. The van der Waals surface area contributed by atoms with Crippen molar-refractivity contribution in [1.29, 1.82) is 0 Å². The molecule has 3 heterocycles. The molecule has 132 valence electrons. The van der Waals surface area contributed by atoms with Crippen molar-refractivity contribution < 1.29 is 4.79 Å². The van der Waals surface area contributed by atoms with Crippen molar-refractivity contribution in [3.63, 3.8) is 0 Å². The molecule has 6 nitrogen and oxygen atoms in total. The summed E-state index contributed by atoms with van der Waals surface area (Å²) >= 11 is 1.45. The van der Waals surface area contributed by atoms with E-state index in [1.165, 1.54) is 36.9 Å². The first-order chi connectivity index (χ1) is 12.8. The molecule has 0 spiro atoms. The minimum absolute atomic E-state index is 0.258. The van der Waals surface area contributed by atoms with E-state index in [0.717, 1.165) is 29.5 Å². The van der Waals surface area contributed by atoms with Gasteiger partial charge < -0.3 is 10.2 Å². The van der Waals surface area contributed by atoms with Crippen LogP contribution in [0.1, 0.15) is 29.8 Å². The number of thiazole rings is 1. The number of nitrogens with zero attached hydrogens (tertiary/aromatic N) is 4. The van der Waals surface area contributed by atoms with Gasteiger partial charge in [0.2, 0.25) is 0 Å². The first kappa shape index (κ1) is 16.7. The average molecular weight is 365 g/mol. The van der Waals surface area contributed by atoms with Crippen molar-refractivity contribution in [2.75, 3.05) is 23.3 Å². The molecule has 0 bridgehead atoms. The zero-order valence-electron chi connectivity index (χ0n) is 14.3. The lowest BCUT2D eigenvalue weighted by Crippen LogP contribution is -2.30. The van der Waals surface area contributed by atoms with Gasteiger partial charge in [0.15, 0.2) is 0 Å². The van der Waals surface area contributed by atoms with Crippen LogP contribution in [0.5, 0.6) is 0 Å². The predicted molar refractivity (Wildman–Crippen MR) is 104 cm³/mol. The summed E-state index contributed by atoms with van der Waals surface area (Å²) in [6.07, 6.45) is 5.11. The fourth-order valence-corrected chi connectivity index (χ4v) is 3.79. The molecule has 1 saturated heterocycles. The Bertz CT molecular complexity index is 890. The highest BCUT2D eigenvalue weighted by Crippen LogP contribution is 2.24. The van der Waals surface area contributed by atoms with Crippen LogP contribution in [-0.2, 0) is 0 Å². The topological polar surface area (TPSA) is 71.0 Å². The van der Waals surface area contributed by atoms with Crippen molar-refractivity contribution in [2.45, 2.75) is 19.3 Å². The largest absolute Gasteiger partial charge is 0.356 e. The smallest absolute Gasteiger partial charge is 0.276 e. The second-order valence-corrected chi connectivity index (χ2v) is 7.03. The van der Waals surface area contributed by atoms with Gasteiger partial charge in [0.05, 0.1) is 0 Å². The fraction of sp³-hybridized carbons (Fsp3) is 0.263. The molecule has 0 unspecified atom stereocenters. The van der Waals surface area contributed by atoms with Gasteiger partial charge in [-0.2, -0.15) is 0 Å². The molecule has 0 saturated carbocycles. The van der Waals surface area contributed by atoms with Gasteiger partial charge in [0.25, 0.3) is 5.91 Å². The number of piperidine rings is 1. The first-order valence-electron chi connectivity index (χ1n) is 8.69. The highest BCUT2D eigenvalue weighted by atomic mass is 32.1. The lowest BCUT2D eigenvalue weighted by molar-refractivity contribution is 0.102. The van der Waals surface area contributed by atoms with E-state index in [-0.39, 0.29) is 5.91 Å². The zero-order chi connectivity index (χ0) is 17.8. The maximum Gasteiger partial charge on any atom is 0.276 e. The summed E-state index contributed by atoms with van der Waals surface area (Å²) < 4.78 is 0. The molecular formula is C19H19N5OS. The minimum atomic E-state index is -0.258. The third-order valence-corrected chi connectivity index (χ3v) is 5.22. The normalized spacial score (nSPS) is 14.2. The maximum absolute atomic E-state index is 12.5. The summed E-state index contributed by atoms with van der Waals surface area (Å²) in [4.78, 5) is 27.7. The SMILES string of the molecule is O=C(Nc1cc(N2CCCCC2)ncn1)c1csc(-c2ccccc2)n1. The van der Waals surface area contributed by atoms with Gasteiger partial charge in [-0.25, -0.2) is 15.0 Å². The standard InChI is InChI=1S/C19H19N5OS/c25-18(15-12-26-19(22-15)14-7-3-1-4-8-14)23-16-11-17(21-13-20-16)24-9-5-2-6-10-24/h1,3-4,7-8,11-13H,2,5-6,9-10H2,(H,20,21,23,25). The van der Waals surface area contributed by atoms with Gasteiger partial charge in [-0.15, -0.1) is 11.3 Å². The molecule has 0 atom stereocenters. The number of carbonyl (C=O) groups excluding carboxylic acids is 1. The lowest BCUT2D eigenvalue weighted by Gasteiger charge is -2.27. The van der Waals surface area contributed by atoms with Gasteiger partial charge in [0, 0.05) is 30.1 Å². The van der Waals surface area contributed by atoms with E-state index in [2.05, 4.69) is 25.2 Å². The molecule has 3 aromatic rings. The predicted octanol–water partition coefficient (Wildman–Crippen LogP) is 3.84. The fourth-order valence-electron chi connectivity index (χ4n) is 2.98. The van der Waals surface area contributed by atoms with Crippen LogP contribution in [0.3, 0.4) is 0 Å². The van der Waals surface area contributed by atoms with Crippen molar-refractivity contribution in [1.82, 2.24) is 15.0 Å². The van der Waals surface area contributed by atoms with E-state index in [9.17, 15) is 4.79 Å². The quantitative estimate of drug-likeness (QED) is 0.760. The van der Waals surface area contributed by atoms with Gasteiger partial charge in [0.1, 0.15) is 28.7 Å². The number of carbonyl (C=O) groups is 1. The molecule has 1 aliphatic heterocycles. The summed E-state index contributed by atoms with van der Waals surface area (Å²) in [7, 11) is 0. The van der Waals surface area contributed by atoms with E-state index in [1.54, 1.807) is 5.38 Å². The Morgan fingerprint density at radius 1 is 1.08 bits per heavy atom. The van der Waals surface area contributed by atoms with E-state index in [4.69, 9.17) is 0 Å². The Hall–Kier alpha value is -2.80. The highest BCUT2D eigenvalue weighted by Gasteiger charge is 2.15. The van der Waals surface area contributed by atoms with E-state index in [1.807, 2.05) is 36.4 Å². The van der Waals surface area contributed by atoms with Crippen LogP contribution < -0.4 is 10.2 Å². The second kappa shape index (κ2) is 7.61. The molecule has 1 amide bonds. The zero-order valence-corrected chi connectivity index (χ0v) is 15.1. The highest BCUT2D eigenvalue weighted by molar-refractivity contribution is 7.13. The van der Waals surface area contributed by atoms with Crippen LogP contribution in [0.25, 0.3) is 10.6 Å². The summed E-state index contributed by atoms with van der Waals surface area (Å²) in [5.41, 5.74) is 1.40. The molecule has 0 aliphatic carbocycles. The molecule has 0 radical (unpaired) electrons. The van der Waals surface area contributed by atoms with E-state index >= 15 is 0 Å². The molecule has 4 rings (SSSR count). The van der Waals surface area contributed by atoms with Crippen LogP contribution in [0.15, 0.2) is 48.1 Å². The van der Waals surface area contributed by atoms with Crippen LogP contribution in [0.4, 0.5) is 11.6 Å². The van der Waals surface area contributed by atoms with Crippen LogP contribution in [0, 0.1) is 0 Å². The number of nitrogens with one attached hydrogen (secondary N) is 1. The molecular weight excluding hydrogens is 346 g/mol. The van der Waals surface area contributed by atoms with Crippen molar-refractivity contribution in [3.05, 3.63) is 53.8 Å². The maximum atomic E-state index is 12.5. The number of aromatic nitrogens is 3. The van der Waals surface area contributed by atoms with Crippen molar-refractivity contribution in [3.8, 4) is 10.6 Å². The van der Waals surface area contributed by atoms with Gasteiger partial charge in [-0.05, 0) is 19.3 Å². The summed E-state index contributed by atoms with van der Waals surface area (Å²) in [6, 6.07) is 11.7. The number of hydrogen-bond donors (Lipinski definition) is 1. The molecule has 7 heteroatoms. The Balaban J connectivity index is 1.47.